The third kappa shape index (κ3) is 3.19. The Hall–Kier alpha value is -2.54. The summed E-state index contributed by atoms with van der Waals surface area (Å²) in [7, 11) is 1.89. The molecule has 0 bridgehead atoms. The van der Waals surface area contributed by atoms with Crippen molar-refractivity contribution in [2.75, 3.05) is 11.9 Å². The number of nitrogens with one attached hydrogen (secondary N) is 1. The molecule has 7 nitrogen and oxygen atoms in total. The minimum atomic E-state index is -0.648. The van der Waals surface area contributed by atoms with Crippen LogP contribution in [0.1, 0.15) is 49.1 Å². The van der Waals surface area contributed by atoms with Crippen LogP contribution in [0.5, 0.6) is 0 Å². The minimum absolute atomic E-state index is 0.358. The maximum absolute atomic E-state index is 10.4. The Kier molecular flexibility index (Phi) is 4.31. The van der Waals surface area contributed by atoms with Crippen LogP contribution in [0.15, 0.2) is 30.7 Å². The smallest absolute Gasteiger partial charge is 0.163 e. The van der Waals surface area contributed by atoms with Crippen molar-refractivity contribution in [3.63, 3.8) is 0 Å². The van der Waals surface area contributed by atoms with E-state index in [1.54, 1.807) is 23.3 Å². The van der Waals surface area contributed by atoms with Gasteiger partial charge in [0.1, 0.15) is 11.6 Å². The van der Waals surface area contributed by atoms with E-state index in [9.17, 15) is 5.11 Å². The number of hydrogen-bond acceptors (Lipinski definition) is 6. The van der Waals surface area contributed by atoms with E-state index in [0.29, 0.717) is 12.5 Å². The summed E-state index contributed by atoms with van der Waals surface area (Å²) in [6.45, 7) is 0.358. The van der Waals surface area contributed by atoms with Gasteiger partial charge in [0.15, 0.2) is 5.65 Å². The fraction of sp³-hybridized carbons (Fsp3) is 0.444. The van der Waals surface area contributed by atoms with Crippen LogP contribution in [0.4, 0.5) is 5.82 Å². The number of aliphatic hydroxyl groups is 1. The molecule has 1 aliphatic carbocycles. The zero-order valence-electron chi connectivity index (χ0n) is 14.3. The summed E-state index contributed by atoms with van der Waals surface area (Å²) in [4.78, 5) is 13.6. The van der Waals surface area contributed by atoms with Gasteiger partial charge < -0.3 is 10.4 Å². The Balaban J connectivity index is 1.61. The molecular formula is C18H22N6O. The van der Waals surface area contributed by atoms with Gasteiger partial charge in [-0.2, -0.15) is 5.10 Å². The van der Waals surface area contributed by atoms with Gasteiger partial charge in [0.05, 0.1) is 17.7 Å². The van der Waals surface area contributed by atoms with Crippen molar-refractivity contribution >= 4 is 16.9 Å². The quantitative estimate of drug-likeness (QED) is 0.743. The number of pyridine rings is 1. The van der Waals surface area contributed by atoms with Crippen molar-refractivity contribution < 1.29 is 5.11 Å². The Labute approximate surface area is 146 Å². The Bertz CT molecular complexity index is 857. The second kappa shape index (κ2) is 6.76. The molecule has 0 spiro atoms. The molecule has 0 unspecified atom stereocenters. The van der Waals surface area contributed by atoms with Crippen molar-refractivity contribution in [1.82, 2.24) is 24.7 Å². The van der Waals surface area contributed by atoms with E-state index in [4.69, 9.17) is 9.97 Å². The Morgan fingerprint density at radius 1 is 1.28 bits per heavy atom. The third-order valence-electron chi connectivity index (χ3n) is 4.86. The van der Waals surface area contributed by atoms with Gasteiger partial charge in [-0.15, -0.1) is 0 Å². The van der Waals surface area contributed by atoms with Crippen LogP contribution in [0.25, 0.3) is 11.0 Å². The standard InChI is InChI=1S/C18H22N6O/c1-24-18-14(10-21-24)17(22-16(23-18)12-5-2-3-6-12)20-11-15(25)13-7-4-8-19-9-13/h4,7-10,12,15,25H,2-3,5-6,11H2,1H3,(H,20,22,23)/t15-/m0/s1. The summed E-state index contributed by atoms with van der Waals surface area (Å²) in [5, 5.41) is 18.8. The van der Waals surface area contributed by atoms with Crippen molar-refractivity contribution in [3.8, 4) is 0 Å². The predicted octanol–water partition coefficient (Wildman–Crippen LogP) is 2.56. The van der Waals surface area contributed by atoms with E-state index in [1.807, 2.05) is 19.2 Å². The molecule has 0 aliphatic heterocycles. The molecule has 1 aliphatic rings. The first-order chi connectivity index (χ1) is 12.2. The molecule has 1 saturated carbocycles. The minimum Gasteiger partial charge on any atom is -0.387 e. The van der Waals surface area contributed by atoms with Crippen LogP contribution in [0.3, 0.4) is 0 Å². The SMILES string of the molecule is Cn1ncc2c(NC[C@H](O)c3cccnc3)nc(C3CCCC3)nc21. The zero-order valence-corrected chi connectivity index (χ0v) is 14.3. The normalized spacial score (nSPS) is 16.4. The lowest BCUT2D eigenvalue weighted by Gasteiger charge is -2.15. The summed E-state index contributed by atoms with van der Waals surface area (Å²) in [6, 6.07) is 3.68. The largest absolute Gasteiger partial charge is 0.387 e. The lowest BCUT2D eigenvalue weighted by molar-refractivity contribution is 0.191. The van der Waals surface area contributed by atoms with E-state index < -0.39 is 6.10 Å². The average Bonchev–Trinajstić information content (AvgIpc) is 3.31. The molecule has 0 radical (unpaired) electrons. The number of anilines is 1. The van der Waals surface area contributed by atoms with E-state index in [0.717, 1.165) is 41.1 Å². The predicted molar refractivity (Wildman–Crippen MR) is 95.2 cm³/mol. The van der Waals surface area contributed by atoms with Crippen LogP contribution in [0, 0.1) is 0 Å². The molecule has 0 saturated heterocycles. The van der Waals surface area contributed by atoms with E-state index >= 15 is 0 Å². The fourth-order valence-corrected chi connectivity index (χ4v) is 3.42. The highest BCUT2D eigenvalue weighted by molar-refractivity contribution is 5.86. The highest BCUT2D eigenvalue weighted by atomic mass is 16.3. The molecule has 3 aromatic heterocycles. The Morgan fingerprint density at radius 3 is 2.88 bits per heavy atom. The van der Waals surface area contributed by atoms with Crippen LogP contribution in [-0.2, 0) is 7.05 Å². The number of rotatable bonds is 5. The van der Waals surface area contributed by atoms with Crippen molar-refractivity contribution in [2.45, 2.75) is 37.7 Å². The Morgan fingerprint density at radius 2 is 2.12 bits per heavy atom. The van der Waals surface area contributed by atoms with Crippen LogP contribution < -0.4 is 5.32 Å². The molecule has 3 aromatic rings. The van der Waals surface area contributed by atoms with Gasteiger partial charge in [0.2, 0.25) is 0 Å². The number of aliphatic hydroxyl groups excluding tert-OH is 1. The molecule has 3 heterocycles. The van der Waals surface area contributed by atoms with E-state index in [2.05, 4.69) is 15.4 Å². The van der Waals surface area contributed by atoms with E-state index in [-0.39, 0.29) is 0 Å². The molecule has 1 fully saturated rings. The number of aromatic nitrogens is 5. The maximum Gasteiger partial charge on any atom is 0.163 e. The summed E-state index contributed by atoms with van der Waals surface area (Å²) >= 11 is 0. The molecule has 130 valence electrons. The van der Waals surface area contributed by atoms with Gasteiger partial charge in [-0.3, -0.25) is 9.67 Å². The molecule has 4 rings (SSSR count). The second-order valence-electron chi connectivity index (χ2n) is 6.60. The first-order valence-corrected chi connectivity index (χ1v) is 8.74. The summed E-state index contributed by atoms with van der Waals surface area (Å²) in [6.07, 6.45) is 9.25. The van der Waals surface area contributed by atoms with E-state index in [1.165, 1.54) is 12.8 Å². The van der Waals surface area contributed by atoms with Gasteiger partial charge in [0.25, 0.3) is 0 Å². The van der Waals surface area contributed by atoms with Gasteiger partial charge in [0, 0.05) is 37.5 Å². The third-order valence-corrected chi connectivity index (χ3v) is 4.86. The van der Waals surface area contributed by atoms with Gasteiger partial charge in [-0.25, -0.2) is 9.97 Å². The van der Waals surface area contributed by atoms with Crippen LogP contribution >= 0.6 is 0 Å². The number of aryl methyl sites for hydroxylation is 1. The fourth-order valence-electron chi connectivity index (χ4n) is 3.42. The lowest BCUT2D eigenvalue weighted by atomic mass is 10.1. The summed E-state index contributed by atoms with van der Waals surface area (Å²) in [5.74, 6) is 2.04. The van der Waals surface area contributed by atoms with Crippen molar-refractivity contribution in [2.24, 2.45) is 7.05 Å². The first kappa shape index (κ1) is 16.0. The monoisotopic (exact) mass is 338 g/mol. The lowest BCUT2D eigenvalue weighted by Crippen LogP contribution is -2.15. The van der Waals surface area contributed by atoms with Crippen LogP contribution in [-0.4, -0.2) is 36.4 Å². The van der Waals surface area contributed by atoms with Gasteiger partial charge in [-0.1, -0.05) is 18.9 Å². The molecule has 25 heavy (non-hydrogen) atoms. The molecular weight excluding hydrogens is 316 g/mol. The summed E-state index contributed by atoms with van der Waals surface area (Å²) in [5.41, 5.74) is 1.61. The second-order valence-corrected chi connectivity index (χ2v) is 6.60. The number of fused-ring (bicyclic) bond motifs is 1. The van der Waals surface area contributed by atoms with Crippen molar-refractivity contribution in [3.05, 3.63) is 42.1 Å². The van der Waals surface area contributed by atoms with Gasteiger partial charge >= 0.3 is 0 Å². The number of hydrogen-bond donors (Lipinski definition) is 2. The average molecular weight is 338 g/mol. The summed E-state index contributed by atoms with van der Waals surface area (Å²) < 4.78 is 1.78. The zero-order chi connectivity index (χ0) is 17.2. The van der Waals surface area contributed by atoms with Gasteiger partial charge in [-0.05, 0) is 18.9 Å². The molecule has 0 amide bonds. The first-order valence-electron chi connectivity index (χ1n) is 8.74. The molecule has 0 aromatic carbocycles. The highest BCUT2D eigenvalue weighted by Gasteiger charge is 2.22. The highest BCUT2D eigenvalue weighted by Crippen LogP contribution is 2.34. The molecule has 2 N–H and O–H groups in total. The van der Waals surface area contributed by atoms with Crippen LogP contribution in [0.2, 0.25) is 0 Å². The molecule has 1 atom stereocenters. The molecule has 7 heteroatoms. The van der Waals surface area contributed by atoms with Crippen molar-refractivity contribution in [1.29, 1.82) is 0 Å². The number of nitrogens with zero attached hydrogens (tertiary/aromatic N) is 5. The maximum atomic E-state index is 10.4. The topological polar surface area (TPSA) is 88.8 Å².